The first-order valence-electron chi connectivity index (χ1n) is 9.48. The lowest BCUT2D eigenvalue weighted by Crippen LogP contribution is -2.51. The molecule has 3 rings (SSSR count). The molecule has 0 atom stereocenters. The molecule has 1 saturated heterocycles. The highest BCUT2D eigenvalue weighted by molar-refractivity contribution is 5.85. The van der Waals surface area contributed by atoms with E-state index in [-0.39, 0.29) is 11.6 Å². The van der Waals surface area contributed by atoms with Gasteiger partial charge in [-0.3, -0.25) is 9.69 Å². The van der Waals surface area contributed by atoms with E-state index in [4.69, 9.17) is 5.11 Å². The Morgan fingerprint density at radius 2 is 1.85 bits per heavy atom. The van der Waals surface area contributed by atoms with E-state index < -0.39 is 5.97 Å². The zero-order valence-electron chi connectivity index (χ0n) is 15.4. The average Bonchev–Trinajstić information content (AvgIpc) is 2.68. The number of anilines is 1. The number of carbonyl (C=O) groups is 2. The fraction of sp³-hybridized carbons (Fsp3) is 0.632. The maximum absolute atomic E-state index is 12.6. The number of carbonyl (C=O) groups excluding carboxylic acids is 1. The minimum atomic E-state index is -1.01. The Kier molecular flexibility index (Phi) is 6.08. The maximum Gasteiger partial charge on any atom is 0.354 e. The van der Waals surface area contributed by atoms with Gasteiger partial charge in [-0.05, 0) is 25.0 Å². The van der Waals surface area contributed by atoms with Crippen molar-refractivity contribution >= 4 is 17.7 Å². The first kappa shape index (κ1) is 18.6. The van der Waals surface area contributed by atoms with Crippen LogP contribution in [-0.2, 0) is 4.79 Å². The third kappa shape index (κ3) is 4.52. The minimum Gasteiger partial charge on any atom is -0.477 e. The first-order valence-corrected chi connectivity index (χ1v) is 9.48. The molecule has 0 unspecified atom stereocenters. The molecule has 1 aliphatic carbocycles. The van der Waals surface area contributed by atoms with E-state index in [1.54, 1.807) is 6.07 Å². The van der Waals surface area contributed by atoms with Gasteiger partial charge in [0.25, 0.3) is 0 Å². The number of amides is 1. The average molecular weight is 360 g/mol. The Morgan fingerprint density at radius 3 is 2.50 bits per heavy atom. The van der Waals surface area contributed by atoms with Gasteiger partial charge in [0.15, 0.2) is 5.69 Å². The predicted molar refractivity (Wildman–Crippen MR) is 99.5 cm³/mol. The van der Waals surface area contributed by atoms with Crippen LogP contribution in [0.3, 0.4) is 0 Å². The number of carboxylic acid groups (broad SMARTS) is 1. The van der Waals surface area contributed by atoms with Crippen LogP contribution in [0.1, 0.15) is 42.6 Å². The second kappa shape index (κ2) is 8.49. The van der Waals surface area contributed by atoms with Crippen molar-refractivity contribution in [1.29, 1.82) is 0 Å². The zero-order chi connectivity index (χ0) is 18.5. The van der Waals surface area contributed by atoms with Gasteiger partial charge < -0.3 is 14.9 Å². The van der Waals surface area contributed by atoms with Crippen molar-refractivity contribution in [2.45, 2.75) is 38.1 Å². The summed E-state index contributed by atoms with van der Waals surface area (Å²) in [5.74, 6) is -0.117. The Labute approximate surface area is 154 Å². The number of hydrogen-bond acceptors (Lipinski definition) is 5. The molecule has 0 spiro atoms. The van der Waals surface area contributed by atoms with Gasteiger partial charge in [-0.15, -0.1) is 0 Å². The van der Waals surface area contributed by atoms with Crippen LogP contribution in [-0.4, -0.2) is 77.6 Å². The Bertz CT molecular complexity index is 637. The van der Waals surface area contributed by atoms with Gasteiger partial charge in [-0.1, -0.05) is 25.3 Å². The third-order valence-corrected chi connectivity index (χ3v) is 5.52. The van der Waals surface area contributed by atoms with Gasteiger partial charge in [0.2, 0.25) is 5.91 Å². The summed E-state index contributed by atoms with van der Waals surface area (Å²) in [7, 11) is 1.94. The number of rotatable bonds is 5. The van der Waals surface area contributed by atoms with Crippen LogP contribution in [0.2, 0.25) is 0 Å². The lowest BCUT2D eigenvalue weighted by Gasteiger charge is -2.37. The molecule has 2 aliphatic rings. The number of aromatic nitrogens is 1. The highest BCUT2D eigenvalue weighted by atomic mass is 16.4. The monoisotopic (exact) mass is 360 g/mol. The van der Waals surface area contributed by atoms with Gasteiger partial charge in [0, 0.05) is 39.3 Å². The standard InChI is InChI=1S/C19H28N4O3/c1-21(15-6-3-2-4-7-15)18(24)14-22-10-12-23(13-11-22)17-9-5-8-16(20-17)19(25)26/h5,8-9,15H,2-4,6-7,10-14H2,1H3,(H,25,26). The molecule has 1 aromatic rings. The minimum absolute atomic E-state index is 0.0641. The Hall–Kier alpha value is -2.15. The molecule has 0 radical (unpaired) electrons. The van der Waals surface area contributed by atoms with Crippen molar-refractivity contribution in [3.05, 3.63) is 23.9 Å². The number of nitrogens with zero attached hydrogens (tertiary/aromatic N) is 4. The predicted octanol–water partition coefficient (Wildman–Crippen LogP) is 1.69. The number of piperazine rings is 1. The molecule has 7 nitrogen and oxygen atoms in total. The summed E-state index contributed by atoms with van der Waals surface area (Å²) < 4.78 is 0. The van der Waals surface area contributed by atoms with Crippen LogP contribution in [0.5, 0.6) is 0 Å². The van der Waals surface area contributed by atoms with E-state index >= 15 is 0 Å². The SMILES string of the molecule is CN(C(=O)CN1CCN(c2cccc(C(=O)O)n2)CC1)C1CCCCC1. The summed E-state index contributed by atoms with van der Waals surface area (Å²) in [5, 5.41) is 9.08. The van der Waals surface area contributed by atoms with Crippen molar-refractivity contribution in [2.24, 2.45) is 0 Å². The van der Waals surface area contributed by atoms with Gasteiger partial charge in [-0.2, -0.15) is 0 Å². The maximum atomic E-state index is 12.6. The summed E-state index contributed by atoms with van der Waals surface area (Å²) in [6, 6.07) is 5.47. The summed E-state index contributed by atoms with van der Waals surface area (Å²) in [6.07, 6.45) is 5.99. The lowest BCUT2D eigenvalue weighted by atomic mass is 9.94. The zero-order valence-corrected chi connectivity index (χ0v) is 15.4. The van der Waals surface area contributed by atoms with Crippen molar-refractivity contribution in [2.75, 3.05) is 44.7 Å². The van der Waals surface area contributed by atoms with Crippen LogP contribution >= 0.6 is 0 Å². The first-order chi connectivity index (χ1) is 12.5. The molecule has 7 heteroatoms. The van der Waals surface area contributed by atoms with Crippen molar-refractivity contribution in [3.63, 3.8) is 0 Å². The van der Waals surface area contributed by atoms with Gasteiger partial charge in [0.1, 0.15) is 5.82 Å². The molecule has 142 valence electrons. The topological polar surface area (TPSA) is 77.0 Å². The molecule has 1 aromatic heterocycles. The van der Waals surface area contributed by atoms with Gasteiger partial charge in [0.05, 0.1) is 6.54 Å². The lowest BCUT2D eigenvalue weighted by molar-refractivity contribution is -0.133. The Morgan fingerprint density at radius 1 is 1.15 bits per heavy atom. The van der Waals surface area contributed by atoms with E-state index in [2.05, 4.69) is 14.8 Å². The van der Waals surface area contributed by atoms with Crippen LogP contribution in [0.4, 0.5) is 5.82 Å². The number of hydrogen-bond donors (Lipinski definition) is 1. The van der Waals surface area contributed by atoms with E-state index in [1.807, 2.05) is 18.0 Å². The smallest absolute Gasteiger partial charge is 0.354 e. The molecule has 0 bridgehead atoms. The van der Waals surface area contributed by atoms with E-state index in [0.29, 0.717) is 18.4 Å². The van der Waals surface area contributed by atoms with Crippen LogP contribution in [0.25, 0.3) is 0 Å². The largest absolute Gasteiger partial charge is 0.477 e. The van der Waals surface area contributed by atoms with Crippen molar-refractivity contribution < 1.29 is 14.7 Å². The fourth-order valence-corrected chi connectivity index (χ4v) is 3.83. The van der Waals surface area contributed by atoms with Crippen LogP contribution < -0.4 is 4.90 Å². The van der Waals surface area contributed by atoms with Crippen LogP contribution in [0, 0.1) is 0 Å². The summed E-state index contributed by atoms with van der Waals surface area (Å²) in [4.78, 5) is 34.1. The van der Waals surface area contributed by atoms with E-state index in [1.165, 1.54) is 25.3 Å². The van der Waals surface area contributed by atoms with Gasteiger partial charge in [-0.25, -0.2) is 9.78 Å². The third-order valence-electron chi connectivity index (χ3n) is 5.52. The van der Waals surface area contributed by atoms with E-state index in [0.717, 1.165) is 39.0 Å². The number of pyridine rings is 1. The molecule has 1 aliphatic heterocycles. The Balaban J connectivity index is 1.49. The second-order valence-corrected chi connectivity index (χ2v) is 7.25. The second-order valence-electron chi connectivity index (χ2n) is 7.25. The van der Waals surface area contributed by atoms with E-state index in [9.17, 15) is 9.59 Å². The van der Waals surface area contributed by atoms with Crippen molar-refractivity contribution in [1.82, 2.24) is 14.8 Å². The van der Waals surface area contributed by atoms with Gasteiger partial charge >= 0.3 is 5.97 Å². The number of aromatic carboxylic acids is 1. The highest BCUT2D eigenvalue weighted by Gasteiger charge is 2.25. The quantitative estimate of drug-likeness (QED) is 0.861. The normalized spacial score (nSPS) is 19.3. The molecule has 2 heterocycles. The van der Waals surface area contributed by atoms with Crippen LogP contribution in [0.15, 0.2) is 18.2 Å². The molecule has 0 aromatic carbocycles. The molecule has 2 fully saturated rings. The molecular formula is C19H28N4O3. The number of carboxylic acids is 1. The summed E-state index contributed by atoms with van der Waals surface area (Å²) in [6.45, 7) is 3.52. The summed E-state index contributed by atoms with van der Waals surface area (Å²) >= 11 is 0. The number of likely N-dealkylation sites (N-methyl/N-ethyl adjacent to an activating group) is 1. The molecule has 1 N–H and O–H groups in total. The molecule has 1 saturated carbocycles. The fourth-order valence-electron chi connectivity index (χ4n) is 3.83. The molecular weight excluding hydrogens is 332 g/mol. The molecule has 26 heavy (non-hydrogen) atoms. The van der Waals surface area contributed by atoms with Crippen molar-refractivity contribution in [3.8, 4) is 0 Å². The molecule has 1 amide bonds. The summed E-state index contributed by atoms with van der Waals surface area (Å²) in [5.41, 5.74) is 0.0641. The highest BCUT2D eigenvalue weighted by Crippen LogP contribution is 2.22.